The molecule has 0 unspecified atom stereocenters. The predicted molar refractivity (Wildman–Crippen MR) is 77.8 cm³/mol. The maximum atomic E-state index is 5.94. The van der Waals surface area contributed by atoms with E-state index in [1.165, 1.54) is 0 Å². The highest BCUT2D eigenvalue weighted by atomic mass is 35.5. The molecular weight excluding hydrogens is 262 g/mol. The number of ether oxygens (including phenoxy) is 2. The van der Waals surface area contributed by atoms with Crippen LogP contribution in [0.15, 0.2) is 42.5 Å². The molecule has 0 atom stereocenters. The zero-order valence-electron chi connectivity index (χ0n) is 10.7. The Labute approximate surface area is 117 Å². The number of rotatable bonds is 5. The third-order valence-electron chi connectivity index (χ3n) is 2.64. The van der Waals surface area contributed by atoms with Crippen LogP contribution in [0.4, 0.5) is 5.69 Å². The Bertz CT molecular complexity index is 558. The third-order valence-corrected chi connectivity index (χ3v) is 2.87. The summed E-state index contributed by atoms with van der Waals surface area (Å²) in [5.74, 6) is 1.43. The molecule has 0 radical (unpaired) electrons. The van der Waals surface area contributed by atoms with Crippen molar-refractivity contribution in [1.29, 1.82) is 0 Å². The van der Waals surface area contributed by atoms with Crippen molar-refractivity contribution in [3.63, 3.8) is 0 Å². The lowest BCUT2D eigenvalue weighted by molar-refractivity contribution is 0.269. The van der Waals surface area contributed by atoms with Crippen LogP contribution in [-0.4, -0.2) is 6.61 Å². The quantitative estimate of drug-likeness (QED) is 0.843. The van der Waals surface area contributed by atoms with Gasteiger partial charge in [0.05, 0.1) is 6.61 Å². The second-order valence-corrected chi connectivity index (χ2v) is 4.45. The minimum Gasteiger partial charge on any atom is -0.490 e. The molecule has 2 N–H and O–H groups in total. The lowest BCUT2D eigenvalue weighted by atomic mass is 10.2. The SMILES string of the molecule is CCOc1ccccc1OCc1cc(Cl)ccc1N. The molecule has 0 bridgehead atoms. The van der Waals surface area contributed by atoms with E-state index in [2.05, 4.69) is 0 Å². The van der Waals surface area contributed by atoms with Crippen molar-refractivity contribution in [3.05, 3.63) is 53.1 Å². The van der Waals surface area contributed by atoms with Gasteiger partial charge in [0.15, 0.2) is 11.5 Å². The van der Waals surface area contributed by atoms with E-state index < -0.39 is 0 Å². The first-order chi connectivity index (χ1) is 9.20. The van der Waals surface area contributed by atoms with E-state index in [0.29, 0.717) is 29.7 Å². The molecule has 0 amide bonds. The number of nitrogen functional groups attached to an aromatic ring is 1. The van der Waals surface area contributed by atoms with Crippen molar-refractivity contribution < 1.29 is 9.47 Å². The number of nitrogens with two attached hydrogens (primary N) is 1. The van der Waals surface area contributed by atoms with Gasteiger partial charge in [-0.1, -0.05) is 23.7 Å². The normalized spacial score (nSPS) is 10.2. The van der Waals surface area contributed by atoms with E-state index in [1.807, 2.05) is 31.2 Å². The number of hydrogen-bond donors (Lipinski definition) is 1. The number of anilines is 1. The molecule has 0 saturated carbocycles. The summed E-state index contributed by atoms with van der Waals surface area (Å²) < 4.78 is 11.2. The van der Waals surface area contributed by atoms with Gasteiger partial charge < -0.3 is 15.2 Å². The molecular formula is C15H16ClNO2. The maximum absolute atomic E-state index is 5.94. The number of benzene rings is 2. The van der Waals surface area contributed by atoms with Gasteiger partial charge in [-0.25, -0.2) is 0 Å². The van der Waals surface area contributed by atoms with Gasteiger partial charge in [-0.05, 0) is 37.3 Å². The molecule has 2 aromatic carbocycles. The summed E-state index contributed by atoms with van der Waals surface area (Å²) in [7, 11) is 0. The van der Waals surface area contributed by atoms with E-state index in [-0.39, 0.29) is 0 Å². The molecule has 0 aliphatic carbocycles. The molecule has 0 aliphatic rings. The van der Waals surface area contributed by atoms with Gasteiger partial charge in [-0.15, -0.1) is 0 Å². The van der Waals surface area contributed by atoms with Gasteiger partial charge in [0.2, 0.25) is 0 Å². The van der Waals surface area contributed by atoms with Gasteiger partial charge in [-0.2, -0.15) is 0 Å². The van der Waals surface area contributed by atoms with Crippen LogP contribution in [0.25, 0.3) is 0 Å². The van der Waals surface area contributed by atoms with Crippen molar-refractivity contribution in [2.75, 3.05) is 12.3 Å². The summed E-state index contributed by atoms with van der Waals surface area (Å²) in [5, 5.41) is 0.644. The van der Waals surface area contributed by atoms with Crippen molar-refractivity contribution >= 4 is 17.3 Å². The Kier molecular flexibility index (Phi) is 4.53. The van der Waals surface area contributed by atoms with E-state index in [1.54, 1.807) is 18.2 Å². The highest BCUT2D eigenvalue weighted by Crippen LogP contribution is 2.28. The third kappa shape index (κ3) is 3.55. The van der Waals surface area contributed by atoms with Crippen LogP contribution in [0.1, 0.15) is 12.5 Å². The highest BCUT2D eigenvalue weighted by Gasteiger charge is 2.06. The largest absolute Gasteiger partial charge is 0.490 e. The molecule has 0 fully saturated rings. The van der Waals surface area contributed by atoms with E-state index >= 15 is 0 Å². The smallest absolute Gasteiger partial charge is 0.161 e. The van der Waals surface area contributed by atoms with Gasteiger partial charge in [0, 0.05) is 16.3 Å². The van der Waals surface area contributed by atoms with Crippen molar-refractivity contribution in [1.82, 2.24) is 0 Å². The average Bonchev–Trinajstić information content (AvgIpc) is 2.42. The summed E-state index contributed by atoms with van der Waals surface area (Å²) in [4.78, 5) is 0. The van der Waals surface area contributed by atoms with Gasteiger partial charge in [-0.3, -0.25) is 0 Å². The molecule has 0 heterocycles. The molecule has 0 aromatic heterocycles. The molecule has 3 nitrogen and oxygen atoms in total. The van der Waals surface area contributed by atoms with Crippen LogP contribution in [0.3, 0.4) is 0 Å². The van der Waals surface area contributed by atoms with Crippen LogP contribution < -0.4 is 15.2 Å². The van der Waals surface area contributed by atoms with Crippen molar-refractivity contribution in [2.45, 2.75) is 13.5 Å². The minimum atomic E-state index is 0.358. The molecule has 0 spiro atoms. The standard InChI is InChI=1S/C15H16ClNO2/c1-2-18-14-5-3-4-6-15(14)19-10-11-9-12(16)7-8-13(11)17/h3-9H,2,10,17H2,1H3. The maximum Gasteiger partial charge on any atom is 0.161 e. The fourth-order valence-corrected chi connectivity index (χ4v) is 1.89. The summed E-state index contributed by atoms with van der Waals surface area (Å²) in [6.45, 7) is 2.89. The summed E-state index contributed by atoms with van der Waals surface area (Å²) in [5.41, 5.74) is 7.41. The first kappa shape index (κ1) is 13.6. The van der Waals surface area contributed by atoms with Crippen LogP contribution in [0.2, 0.25) is 5.02 Å². The Hall–Kier alpha value is -1.87. The topological polar surface area (TPSA) is 44.5 Å². The van der Waals surface area contributed by atoms with Crippen LogP contribution in [0, 0.1) is 0 Å². The average molecular weight is 278 g/mol. The van der Waals surface area contributed by atoms with Crippen molar-refractivity contribution in [2.24, 2.45) is 0 Å². The lowest BCUT2D eigenvalue weighted by Crippen LogP contribution is -2.02. The summed E-state index contributed by atoms with van der Waals surface area (Å²) in [6, 6.07) is 12.9. The molecule has 100 valence electrons. The van der Waals surface area contributed by atoms with E-state index in [9.17, 15) is 0 Å². The Balaban J connectivity index is 2.12. The fraction of sp³-hybridized carbons (Fsp3) is 0.200. The predicted octanol–water partition coefficient (Wildman–Crippen LogP) is 3.90. The van der Waals surface area contributed by atoms with Crippen LogP contribution in [0.5, 0.6) is 11.5 Å². The first-order valence-corrected chi connectivity index (χ1v) is 6.47. The number of halogens is 1. The van der Waals surface area contributed by atoms with Crippen LogP contribution >= 0.6 is 11.6 Å². The Morgan fingerprint density at radius 2 is 1.74 bits per heavy atom. The fourth-order valence-electron chi connectivity index (χ4n) is 1.70. The highest BCUT2D eigenvalue weighted by molar-refractivity contribution is 6.30. The van der Waals surface area contributed by atoms with E-state index in [0.717, 1.165) is 11.3 Å². The van der Waals surface area contributed by atoms with Gasteiger partial charge >= 0.3 is 0 Å². The molecule has 2 rings (SSSR count). The van der Waals surface area contributed by atoms with Crippen LogP contribution in [-0.2, 0) is 6.61 Å². The monoisotopic (exact) mass is 277 g/mol. The molecule has 4 heteroatoms. The van der Waals surface area contributed by atoms with E-state index in [4.69, 9.17) is 26.8 Å². The summed E-state index contributed by atoms with van der Waals surface area (Å²) in [6.07, 6.45) is 0. The van der Waals surface area contributed by atoms with Crippen molar-refractivity contribution in [3.8, 4) is 11.5 Å². The number of para-hydroxylation sites is 2. The lowest BCUT2D eigenvalue weighted by Gasteiger charge is -2.12. The zero-order chi connectivity index (χ0) is 13.7. The Morgan fingerprint density at radius 1 is 1.05 bits per heavy atom. The first-order valence-electron chi connectivity index (χ1n) is 6.09. The zero-order valence-corrected chi connectivity index (χ0v) is 11.5. The second-order valence-electron chi connectivity index (χ2n) is 4.01. The van der Waals surface area contributed by atoms with Gasteiger partial charge in [0.25, 0.3) is 0 Å². The molecule has 19 heavy (non-hydrogen) atoms. The summed E-state index contributed by atoms with van der Waals surface area (Å²) >= 11 is 5.94. The molecule has 2 aromatic rings. The molecule has 0 aliphatic heterocycles. The number of hydrogen-bond acceptors (Lipinski definition) is 3. The Morgan fingerprint density at radius 3 is 2.42 bits per heavy atom. The minimum absolute atomic E-state index is 0.358. The molecule has 0 saturated heterocycles. The second kappa shape index (κ2) is 6.34. The van der Waals surface area contributed by atoms with Gasteiger partial charge in [0.1, 0.15) is 6.61 Å².